The number of sulfonamides is 1. The molecule has 3 rings (SSSR count). The molecule has 1 atom stereocenters. The fraction of sp³-hybridized carbons (Fsp3) is 0.200. The van der Waals surface area contributed by atoms with Crippen molar-refractivity contribution in [1.82, 2.24) is 10.2 Å². The van der Waals surface area contributed by atoms with Crippen molar-refractivity contribution in [2.24, 2.45) is 0 Å². The number of nitrogens with one attached hydrogen (secondary N) is 1. The highest BCUT2D eigenvalue weighted by atomic mass is 35.5. The smallest absolute Gasteiger partial charge is 0.264 e. The Bertz CT molecular complexity index is 1340. The summed E-state index contributed by atoms with van der Waals surface area (Å²) in [4.78, 5) is 27.2. The predicted molar refractivity (Wildman–Crippen MR) is 138 cm³/mol. The second kappa shape index (κ2) is 11.7. The molecule has 0 aliphatic rings. The highest BCUT2D eigenvalue weighted by Gasteiger charge is 2.33. The normalized spacial score (nSPS) is 12.0. The number of amides is 2. The van der Waals surface area contributed by atoms with Gasteiger partial charge in [-0.2, -0.15) is 0 Å². The van der Waals surface area contributed by atoms with Crippen LogP contribution in [0.5, 0.6) is 0 Å². The summed E-state index contributed by atoms with van der Waals surface area (Å²) in [6, 6.07) is 16.3. The number of halogens is 3. The largest absolute Gasteiger partial charge is 0.357 e. The van der Waals surface area contributed by atoms with Crippen molar-refractivity contribution in [2.75, 3.05) is 17.9 Å². The third-order valence-electron chi connectivity index (χ3n) is 5.47. The van der Waals surface area contributed by atoms with E-state index in [0.29, 0.717) is 5.56 Å². The molecule has 0 radical (unpaired) electrons. The van der Waals surface area contributed by atoms with Crippen molar-refractivity contribution >= 4 is 50.7 Å². The van der Waals surface area contributed by atoms with E-state index in [1.54, 1.807) is 18.2 Å². The van der Waals surface area contributed by atoms with Crippen LogP contribution in [0.4, 0.5) is 10.1 Å². The van der Waals surface area contributed by atoms with E-state index in [1.165, 1.54) is 73.5 Å². The molecule has 190 valence electrons. The van der Waals surface area contributed by atoms with Gasteiger partial charge < -0.3 is 10.2 Å². The summed E-state index contributed by atoms with van der Waals surface area (Å²) in [7, 11) is -2.83. The highest BCUT2D eigenvalue weighted by Crippen LogP contribution is 2.33. The number of carbonyl (C=O) groups excluding carboxylic acids is 2. The number of carbonyl (C=O) groups is 2. The molecular weight excluding hydrogens is 528 g/mol. The fourth-order valence-corrected chi connectivity index (χ4v) is 5.37. The monoisotopic (exact) mass is 551 g/mol. The van der Waals surface area contributed by atoms with Gasteiger partial charge in [0.15, 0.2) is 0 Å². The van der Waals surface area contributed by atoms with Gasteiger partial charge in [0.2, 0.25) is 11.8 Å². The third-order valence-corrected chi connectivity index (χ3v) is 7.80. The Morgan fingerprint density at radius 3 is 2.25 bits per heavy atom. The van der Waals surface area contributed by atoms with E-state index in [0.717, 1.165) is 4.31 Å². The van der Waals surface area contributed by atoms with E-state index in [9.17, 15) is 22.4 Å². The molecule has 11 heteroatoms. The Labute approximate surface area is 219 Å². The van der Waals surface area contributed by atoms with E-state index in [1.807, 2.05) is 0 Å². The number of rotatable bonds is 9. The molecule has 0 bridgehead atoms. The highest BCUT2D eigenvalue weighted by molar-refractivity contribution is 7.92. The number of anilines is 1. The Morgan fingerprint density at radius 1 is 1.00 bits per heavy atom. The summed E-state index contributed by atoms with van der Waals surface area (Å²) < 4.78 is 41.6. The first kappa shape index (κ1) is 27.4. The van der Waals surface area contributed by atoms with Crippen LogP contribution < -0.4 is 9.62 Å². The molecule has 0 saturated carbocycles. The SMILES string of the molecule is CNC(=O)[C@@H](C)N(Cc1ccc(F)cc1)C(=O)CN(c1cc(Cl)ccc1Cl)S(=O)(=O)c1ccccc1. The van der Waals surface area contributed by atoms with Crippen LogP contribution in [0.2, 0.25) is 10.0 Å². The summed E-state index contributed by atoms with van der Waals surface area (Å²) in [6.45, 7) is 0.790. The van der Waals surface area contributed by atoms with Crippen molar-refractivity contribution in [3.63, 3.8) is 0 Å². The molecule has 3 aromatic carbocycles. The van der Waals surface area contributed by atoms with Crippen LogP contribution in [0, 0.1) is 5.82 Å². The van der Waals surface area contributed by atoms with E-state index in [2.05, 4.69) is 5.32 Å². The van der Waals surface area contributed by atoms with Crippen LogP contribution in [0.25, 0.3) is 0 Å². The molecule has 0 aliphatic carbocycles. The molecule has 2 amide bonds. The van der Waals surface area contributed by atoms with Gasteiger partial charge in [-0.15, -0.1) is 0 Å². The number of likely N-dealkylation sites (N-methyl/N-ethyl adjacent to an activating group) is 1. The van der Waals surface area contributed by atoms with Gasteiger partial charge in [-0.25, -0.2) is 12.8 Å². The molecule has 0 spiro atoms. The Kier molecular flexibility index (Phi) is 8.94. The minimum absolute atomic E-state index is 0.00991. The second-order valence-electron chi connectivity index (χ2n) is 7.86. The Hall–Kier alpha value is -3.14. The van der Waals surface area contributed by atoms with Gasteiger partial charge in [-0.3, -0.25) is 13.9 Å². The quantitative estimate of drug-likeness (QED) is 0.424. The van der Waals surface area contributed by atoms with Crippen LogP contribution in [0.3, 0.4) is 0 Å². The van der Waals surface area contributed by atoms with Gasteiger partial charge in [0, 0.05) is 18.6 Å². The Morgan fingerprint density at radius 2 is 1.64 bits per heavy atom. The van der Waals surface area contributed by atoms with Crippen LogP contribution in [-0.2, 0) is 26.2 Å². The lowest BCUT2D eigenvalue weighted by Gasteiger charge is -2.32. The molecule has 7 nitrogen and oxygen atoms in total. The topological polar surface area (TPSA) is 86.8 Å². The van der Waals surface area contributed by atoms with Crippen molar-refractivity contribution in [2.45, 2.75) is 24.4 Å². The lowest BCUT2D eigenvalue weighted by Crippen LogP contribution is -2.50. The van der Waals surface area contributed by atoms with Crippen LogP contribution >= 0.6 is 23.2 Å². The lowest BCUT2D eigenvalue weighted by molar-refractivity contribution is -0.139. The van der Waals surface area contributed by atoms with Gasteiger partial charge in [0.1, 0.15) is 18.4 Å². The van der Waals surface area contributed by atoms with Crippen LogP contribution in [0.1, 0.15) is 12.5 Å². The van der Waals surface area contributed by atoms with E-state index < -0.39 is 40.2 Å². The molecule has 3 aromatic rings. The molecule has 0 fully saturated rings. The maximum atomic E-state index is 13.6. The summed E-state index contributed by atoms with van der Waals surface area (Å²) in [5, 5.41) is 2.77. The van der Waals surface area contributed by atoms with E-state index in [-0.39, 0.29) is 27.2 Å². The van der Waals surface area contributed by atoms with E-state index in [4.69, 9.17) is 23.2 Å². The summed E-state index contributed by atoms with van der Waals surface area (Å²) >= 11 is 12.5. The number of benzene rings is 3. The van der Waals surface area contributed by atoms with Gasteiger partial charge in [-0.05, 0) is 55.0 Å². The summed E-state index contributed by atoms with van der Waals surface area (Å²) in [6.07, 6.45) is 0. The van der Waals surface area contributed by atoms with Gasteiger partial charge in [0.25, 0.3) is 10.0 Å². The van der Waals surface area contributed by atoms with E-state index >= 15 is 0 Å². The summed E-state index contributed by atoms with van der Waals surface area (Å²) in [5.41, 5.74) is 0.564. The Balaban J connectivity index is 2.06. The minimum atomic E-state index is -4.26. The van der Waals surface area contributed by atoms with Gasteiger partial charge in [-0.1, -0.05) is 53.5 Å². The fourth-order valence-electron chi connectivity index (χ4n) is 3.49. The zero-order chi connectivity index (χ0) is 26.5. The van der Waals surface area contributed by atoms with Gasteiger partial charge in [0.05, 0.1) is 15.6 Å². The van der Waals surface area contributed by atoms with Gasteiger partial charge >= 0.3 is 0 Å². The first-order valence-corrected chi connectivity index (χ1v) is 13.0. The molecule has 0 saturated heterocycles. The summed E-state index contributed by atoms with van der Waals surface area (Å²) in [5.74, 6) is -1.58. The molecule has 0 unspecified atom stereocenters. The molecule has 0 heterocycles. The first-order chi connectivity index (χ1) is 17.0. The average molecular weight is 552 g/mol. The molecule has 0 aromatic heterocycles. The maximum Gasteiger partial charge on any atom is 0.264 e. The maximum absolute atomic E-state index is 13.6. The number of hydrogen-bond acceptors (Lipinski definition) is 4. The standard InChI is InChI=1S/C25H24Cl2FN3O4S/c1-17(25(33)29-2)30(15-18-8-11-20(28)12-9-18)24(32)16-31(23-14-19(26)10-13-22(23)27)36(34,35)21-6-4-3-5-7-21/h3-14,17H,15-16H2,1-2H3,(H,29,33)/t17-/m1/s1. The second-order valence-corrected chi connectivity index (χ2v) is 10.6. The van der Waals surface area contributed by atoms with Crippen LogP contribution in [-0.4, -0.2) is 44.8 Å². The predicted octanol–water partition coefficient (Wildman–Crippen LogP) is 4.49. The molecule has 0 aliphatic heterocycles. The average Bonchev–Trinajstić information content (AvgIpc) is 2.87. The van der Waals surface area contributed by atoms with Crippen molar-refractivity contribution in [3.8, 4) is 0 Å². The van der Waals surface area contributed by atoms with Crippen molar-refractivity contribution < 1.29 is 22.4 Å². The lowest BCUT2D eigenvalue weighted by atomic mass is 10.1. The number of nitrogens with zero attached hydrogens (tertiary/aromatic N) is 2. The molecule has 36 heavy (non-hydrogen) atoms. The van der Waals surface area contributed by atoms with Crippen molar-refractivity contribution in [1.29, 1.82) is 0 Å². The van der Waals surface area contributed by atoms with Crippen LogP contribution in [0.15, 0.2) is 77.7 Å². The molecule has 1 N–H and O–H groups in total. The zero-order valence-electron chi connectivity index (χ0n) is 19.5. The first-order valence-electron chi connectivity index (χ1n) is 10.8. The third kappa shape index (κ3) is 6.34. The minimum Gasteiger partial charge on any atom is -0.357 e. The molecular formula is C25H24Cl2FN3O4S. The zero-order valence-corrected chi connectivity index (χ0v) is 21.8. The number of hydrogen-bond donors (Lipinski definition) is 1. The van der Waals surface area contributed by atoms with Crippen molar-refractivity contribution in [3.05, 3.63) is 94.2 Å².